The van der Waals surface area contributed by atoms with E-state index in [1.807, 2.05) is 36.4 Å². The Hall–Kier alpha value is -3.33. The second-order valence-corrected chi connectivity index (χ2v) is 9.64. The first-order chi connectivity index (χ1) is 16.2. The summed E-state index contributed by atoms with van der Waals surface area (Å²) in [6, 6.07) is 13.0. The third-order valence-electron chi connectivity index (χ3n) is 5.71. The van der Waals surface area contributed by atoms with Gasteiger partial charge in [0.15, 0.2) is 5.12 Å². The zero-order valence-corrected chi connectivity index (χ0v) is 20.3. The largest absolute Gasteiger partial charge is 0.467 e. The number of ether oxygens (including phenoxy) is 1. The molecule has 0 radical (unpaired) electrons. The molecular weight excluding hydrogens is 454 g/mol. The maximum Gasteiger partial charge on any atom is 0.328 e. The predicted octanol–water partition coefficient (Wildman–Crippen LogP) is 2.09. The van der Waals surface area contributed by atoms with E-state index in [1.54, 1.807) is 19.1 Å². The van der Waals surface area contributed by atoms with E-state index in [4.69, 9.17) is 10.5 Å². The molecule has 0 saturated heterocycles. The van der Waals surface area contributed by atoms with Gasteiger partial charge in [0.05, 0.1) is 12.4 Å². The maximum atomic E-state index is 13.4. The Bertz CT molecular complexity index is 1080. The van der Waals surface area contributed by atoms with Crippen molar-refractivity contribution in [3.05, 3.63) is 65.2 Å². The highest BCUT2D eigenvalue weighted by Crippen LogP contribution is 2.27. The standard InChI is InChI=1S/C25H29N3O5S/c1-15(27-23(30)22(34-16(2)29)11-17-7-5-4-6-8-17)24(31)28-14-19-12-20(26)10-9-18(19)13-21(28)25(32)33-3/h4-10,12,15,21-22H,11,13-14,26H2,1-3H3,(H,27,30)/t15-,21-,22-/m0/s1. The van der Waals surface area contributed by atoms with Gasteiger partial charge in [-0.1, -0.05) is 48.2 Å². The van der Waals surface area contributed by atoms with E-state index in [1.165, 1.54) is 18.9 Å². The average Bonchev–Trinajstić information content (AvgIpc) is 2.82. The van der Waals surface area contributed by atoms with Crippen LogP contribution in [0.5, 0.6) is 0 Å². The zero-order chi connectivity index (χ0) is 24.8. The zero-order valence-electron chi connectivity index (χ0n) is 19.4. The Balaban J connectivity index is 1.76. The monoisotopic (exact) mass is 483 g/mol. The van der Waals surface area contributed by atoms with Gasteiger partial charge in [-0.05, 0) is 42.2 Å². The van der Waals surface area contributed by atoms with Crippen LogP contribution in [0.2, 0.25) is 0 Å². The first kappa shape index (κ1) is 25.3. The van der Waals surface area contributed by atoms with Crippen molar-refractivity contribution in [3.8, 4) is 0 Å². The molecule has 0 unspecified atom stereocenters. The quantitative estimate of drug-likeness (QED) is 0.457. The highest BCUT2D eigenvalue weighted by atomic mass is 32.2. The van der Waals surface area contributed by atoms with Crippen LogP contribution in [0.1, 0.15) is 30.5 Å². The van der Waals surface area contributed by atoms with E-state index < -0.39 is 35.1 Å². The lowest BCUT2D eigenvalue weighted by molar-refractivity contribution is -0.154. The first-order valence-corrected chi connectivity index (χ1v) is 11.8. The lowest BCUT2D eigenvalue weighted by Gasteiger charge is -2.37. The normalized spacial score (nSPS) is 16.7. The Kier molecular flexibility index (Phi) is 8.33. The number of esters is 1. The number of carbonyl (C=O) groups excluding carboxylic acids is 4. The average molecular weight is 484 g/mol. The Morgan fingerprint density at radius 2 is 1.85 bits per heavy atom. The number of fused-ring (bicyclic) bond motifs is 1. The summed E-state index contributed by atoms with van der Waals surface area (Å²) in [6.07, 6.45) is 0.643. The van der Waals surface area contributed by atoms with Crippen molar-refractivity contribution >= 4 is 40.3 Å². The summed E-state index contributed by atoms with van der Waals surface area (Å²) >= 11 is 0.929. The van der Waals surface area contributed by atoms with Crippen LogP contribution in [-0.2, 0) is 43.3 Å². The number of benzene rings is 2. The summed E-state index contributed by atoms with van der Waals surface area (Å²) in [5, 5.41) is 1.86. The molecule has 0 saturated carbocycles. The summed E-state index contributed by atoms with van der Waals surface area (Å²) in [5.41, 5.74) is 9.15. The van der Waals surface area contributed by atoms with Crippen LogP contribution in [-0.4, -0.2) is 52.2 Å². The van der Waals surface area contributed by atoms with E-state index >= 15 is 0 Å². The number of methoxy groups -OCH3 is 1. The summed E-state index contributed by atoms with van der Waals surface area (Å²) < 4.78 is 4.93. The Labute approximate surface area is 203 Å². The number of amides is 2. The van der Waals surface area contributed by atoms with E-state index in [-0.39, 0.29) is 11.7 Å². The second kappa shape index (κ2) is 11.2. The second-order valence-electron chi connectivity index (χ2n) is 8.26. The molecule has 180 valence electrons. The number of nitrogens with zero attached hydrogens (tertiary/aromatic N) is 1. The SMILES string of the molecule is COC(=O)[C@@H]1Cc2ccc(N)cc2CN1C(=O)[C@H](C)NC(=O)[C@H](Cc1ccccc1)SC(C)=O. The van der Waals surface area contributed by atoms with Crippen LogP contribution in [0.15, 0.2) is 48.5 Å². The highest BCUT2D eigenvalue weighted by Gasteiger charge is 2.38. The lowest BCUT2D eigenvalue weighted by Crippen LogP contribution is -2.56. The number of nitrogens with two attached hydrogens (primary N) is 1. The Morgan fingerprint density at radius 1 is 1.15 bits per heavy atom. The third kappa shape index (κ3) is 6.17. The molecular formula is C25H29N3O5S. The molecule has 0 aliphatic carbocycles. The van der Waals surface area contributed by atoms with Gasteiger partial charge in [-0.2, -0.15) is 0 Å². The molecule has 34 heavy (non-hydrogen) atoms. The molecule has 1 aliphatic rings. The lowest BCUT2D eigenvalue weighted by atomic mass is 9.93. The fourth-order valence-electron chi connectivity index (χ4n) is 4.02. The van der Waals surface area contributed by atoms with Crippen LogP contribution in [0, 0.1) is 0 Å². The molecule has 2 aromatic rings. The van der Waals surface area contributed by atoms with Gasteiger partial charge in [-0.15, -0.1) is 0 Å². The van der Waals surface area contributed by atoms with E-state index in [9.17, 15) is 19.2 Å². The molecule has 3 atom stereocenters. The van der Waals surface area contributed by atoms with E-state index in [0.29, 0.717) is 18.5 Å². The van der Waals surface area contributed by atoms with Gasteiger partial charge in [0.2, 0.25) is 11.8 Å². The predicted molar refractivity (Wildman–Crippen MR) is 131 cm³/mol. The summed E-state index contributed by atoms with van der Waals surface area (Å²) in [5.74, 6) is -1.35. The first-order valence-electron chi connectivity index (χ1n) is 11.0. The molecule has 3 rings (SSSR count). The van der Waals surface area contributed by atoms with Crippen molar-refractivity contribution < 1.29 is 23.9 Å². The van der Waals surface area contributed by atoms with Gasteiger partial charge < -0.3 is 20.7 Å². The van der Waals surface area contributed by atoms with Crippen LogP contribution < -0.4 is 11.1 Å². The van der Waals surface area contributed by atoms with Crippen LogP contribution in [0.3, 0.4) is 0 Å². The van der Waals surface area contributed by atoms with Crippen molar-refractivity contribution in [2.24, 2.45) is 0 Å². The fourth-order valence-corrected chi connectivity index (χ4v) is 4.87. The minimum absolute atomic E-state index is 0.175. The number of nitrogen functional groups attached to an aromatic ring is 1. The molecule has 8 nitrogen and oxygen atoms in total. The molecule has 2 aromatic carbocycles. The number of rotatable bonds is 7. The van der Waals surface area contributed by atoms with Crippen LogP contribution in [0.4, 0.5) is 5.69 Å². The number of thioether (sulfide) groups is 1. The van der Waals surface area contributed by atoms with Gasteiger partial charge >= 0.3 is 5.97 Å². The molecule has 0 spiro atoms. The number of nitrogens with one attached hydrogen (secondary N) is 1. The summed E-state index contributed by atoms with van der Waals surface area (Å²) in [7, 11) is 1.28. The fraction of sp³-hybridized carbons (Fsp3) is 0.360. The van der Waals surface area contributed by atoms with Gasteiger partial charge in [-0.25, -0.2) is 4.79 Å². The van der Waals surface area contributed by atoms with Gasteiger partial charge in [0.1, 0.15) is 12.1 Å². The number of carbonyl (C=O) groups is 4. The van der Waals surface area contributed by atoms with Crippen molar-refractivity contribution in [2.45, 2.75) is 50.6 Å². The molecule has 2 amide bonds. The highest BCUT2D eigenvalue weighted by molar-refractivity contribution is 8.14. The van der Waals surface area contributed by atoms with Crippen molar-refractivity contribution in [1.29, 1.82) is 0 Å². The van der Waals surface area contributed by atoms with Crippen LogP contribution >= 0.6 is 11.8 Å². The van der Waals surface area contributed by atoms with E-state index in [2.05, 4.69) is 5.32 Å². The molecule has 1 heterocycles. The minimum atomic E-state index is -0.909. The van der Waals surface area contributed by atoms with Crippen LogP contribution in [0.25, 0.3) is 0 Å². The molecule has 1 aliphatic heterocycles. The molecule has 0 bridgehead atoms. The molecule has 0 aromatic heterocycles. The molecule has 3 N–H and O–H groups in total. The van der Waals surface area contributed by atoms with Gasteiger partial charge in [-0.3, -0.25) is 14.4 Å². The van der Waals surface area contributed by atoms with Crippen molar-refractivity contribution in [2.75, 3.05) is 12.8 Å². The van der Waals surface area contributed by atoms with Gasteiger partial charge in [0, 0.05) is 25.6 Å². The number of hydrogen-bond acceptors (Lipinski definition) is 7. The molecule has 0 fully saturated rings. The molecule has 9 heteroatoms. The van der Waals surface area contributed by atoms with Crippen molar-refractivity contribution in [1.82, 2.24) is 10.2 Å². The van der Waals surface area contributed by atoms with Gasteiger partial charge in [0.25, 0.3) is 0 Å². The Morgan fingerprint density at radius 3 is 2.50 bits per heavy atom. The van der Waals surface area contributed by atoms with E-state index in [0.717, 1.165) is 28.5 Å². The topological polar surface area (TPSA) is 119 Å². The van der Waals surface area contributed by atoms with Crippen molar-refractivity contribution in [3.63, 3.8) is 0 Å². The third-order valence-corrected chi connectivity index (χ3v) is 6.71. The minimum Gasteiger partial charge on any atom is -0.467 e. The summed E-state index contributed by atoms with van der Waals surface area (Å²) in [4.78, 5) is 52.0. The smallest absolute Gasteiger partial charge is 0.328 e. The number of hydrogen-bond donors (Lipinski definition) is 2. The number of anilines is 1. The maximum absolute atomic E-state index is 13.4. The summed E-state index contributed by atoms with van der Waals surface area (Å²) in [6.45, 7) is 3.15.